The Hall–Kier alpha value is -0.850. The highest BCUT2D eigenvalue weighted by molar-refractivity contribution is 5.85. The lowest BCUT2D eigenvalue weighted by Gasteiger charge is -2.34. The zero-order chi connectivity index (χ0) is 17.2. The van der Waals surface area contributed by atoms with Gasteiger partial charge in [-0.3, -0.25) is 4.79 Å². The summed E-state index contributed by atoms with van der Waals surface area (Å²) in [5.74, 6) is 0.895. The Labute approximate surface area is 170 Å². The molecule has 1 fully saturated rings. The molecule has 0 bridgehead atoms. The SMILES string of the molecule is COCCNCC(=O)N1CCC(CN(C)Cc2ccccc2)CC1.Cl.Cl. The number of hydrogen-bond donors (Lipinski definition) is 1. The predicted molar refractivity (Wildman–Crippen MR) is 111 cm³/mol. The van der Waals surface area contributed by atoms with E-state index in [0.717, 1.165) is 45.6 Å². The van der Waals surface area contributed by atoms with Gasteiger partial charge in [-0.2, -0.15) is 0 Å². The van der Waals surface area contributed by atoms with E-state index in [4.69, 9.17) is 4.74 Å². The van der Waals surface area contributed by atoms with E-state index in [0.29, 0.717) is 19.1 Å². The number of carbonyl (C=O) groups is 1. The lowest BCUT2D eigenvalue weighted by Crippen LogP contribution is -2.44. The van der Waals surface area contributed by atoms with E-state index in [1.807, 2.05) is 4.90 Å². The molecule has 1 aromatic carbocycles. The Morgan fingerprint density at radius 2 is 1.88 bits per heavy atom. The van der Waals surface area contributed by atoms with Crippen LogP contribution in [0.2, 0.25) is 0 Å². The first-order valence-corrected chi connectivity index (χ1v) is 8.89. The van der Waals surface area contributed by atoms with Gasteiger partial charge in [0.05, 0.1) is 13.2 Å². The highest BCUT2D eigenvalue weighted by atomic mass is 35.5. The van der Waals surface area contributed by atoms with Crippen LogP contribution in [0.5, 0.6) is 0 Å². The quantitative estimate of drug-likeness (QED) is 0.640. The van der Waals surface area contributed by atoms with E-state index < -0.39 is 0 Å². The fourth-order valence-electron chi connectivity index (χ4n) is 3.25. The fraction of sp³-hybridized carbons (Fsp3) is 0.632. The number of methoxy groups -OCH3 is 1. The van der Waals surface area contributed by atoms with Crippen molar-refractivity contribution in [3.8, 4) is 0 Å². The summed E-state index contributed by atoms with van der Waals surface area (Å²) in [7, 11) is 3.85. The molecule has 1 aliphatic rings. The van der Waals surface area contributed by atoms with Gasteiger partial charge in [0.15, 0.2) is 0 Å². The maximum Gasteiger partial charge on any atom is 0.236 e. The summed E-state index contributed by atoms with van der Waals surface area (Å²) in [6.07, 6.45) is 2.20. The summed E-state index contributed by atoms with van der Waals surface area (Å²) >= 11 is 0. The minimum absolute atomic E-state index is 0. The minimum atomic E-state index is 0. The van der Waals surface area contributed by atoms with Gasteiger partial charge in [0.25, 0.3) is 0 Å². The first-order chi connectivity index (χ1) is 11.7. The second kappa shape index (κ2) is 14.2. The number of nitrogens with zero attached hydrogens (tertiary/aromatic N) is 2. The van der Waals surface area contributed by atoms with E-state index in [-0.39, 0.29) is 30.7 Å². The van der Waals surface area contributed by atoms with Crippen molar-refractivity contribution in [1.29, 1.82) is 0 Å². The second-order valence-electron chi connectivity index (χ2n) is 6.68. The molecule has 0 spiro atoms. The largest absolute Gasteiger partial charge is 0.383 e. The summed E-state index contributed by atoms with van der Waals surface area (Å²) in [6.45, 7) is 5.64. The van der Waals surface area contributed by atoms with Crippen molar-refractivity contribution in [2.75, 3.05) is 53.5 Å². The van der Waals surface area contributed by atoms with E-state index in [1.54, 1.807) is 7.11 Å². The van der Waals surface area contributed by atoms with Crippen LogP contribution in [0.15, 0.2) is 30.3 Å². The zero-order valence-electron chi connectivity index (χ0n) is 15.9. The molecule has 1 amide bonds. The van der Waals surface area contributed by atoms with Gasteiger partial charge >= 0.3 is 0 Å². The number of ether oxygens (including phenoxy) is 1. The summed E-state index contributed by atoms with van der Waals surface area (Å²) < 4.78 is 4.97. The van der Waals surface area contributed by atoms with Gasteiger partial charge in [-0.25, -0.2) is 0 Å². The van der Waals surface area contributed by atoms with Gasteiger partial charge in [0.1, 0.15) is 0 Å². The molecule has 5 nitrogen and oxygen atoms in total. The van der Waals surface area contributed by atoms with Crippen LogP contribution in [0, 0.1) is 5.92 Å². The van der Waals surface area contributed by atoms with E-state index in [2.05, 4.69) is 47.6 Å². The van der Waals surface area contributed by atoms with E-state index >= 15 is 0 Å². The number of nitrogens with one attached hydrogen (secondary N) is 1. The molecule has 0 radical (unpaired) electrons. The topological polar surface area (TPSA) is 44.8 Å². The fourth-order valence-corrected chi connectivity index (χ4v) is 3.25. The van der Waals surface area contributed by atoms with Crippen molar-refractivity contribution >= 4 is 30.7 Å². The summed E-state index contributed by atoms with van der Waals surface area (Å²) in [6, 6.07) is 10.6. The summed E-state index contributed by atoms with van der Waals surface area (Å²) in [5.41, 5.74) is 1.36. The molecule has 7 heteroatoms. The molecular weight excluding hydrogens is 373 g/mol. The highest BCUT2D eigenvalue weighted by Gasteiger charge is 2.23. The van der Waals surface area contributed by atoms with E-state index in [1.165, 1.54) is 5.56 Å². The molecule has 1 aromatic rings. The van der Waals surface area contributed by atoms with Crippen molar-refractivity contribution in [2.45, 2.75) is 19.4 Å². The molecule has 0 atom stereocenters. The second-order valence-corrected chi connectivity index (χ2v) is 6.68. The minimum Gasteiger partial charge on any atom is -0.383 e. The molecule has 1 heterocycles. The van der Waals surface area contributed by atoms with Crippen molar-refractivity contribution in [3.05, 3.63) is 35.9 Å². The number of carbonyl (C=O) groups excluding carboxylic acids is 1. The zero-order valence-corrected chi connectivity index (χ0v) is 17.5. The van der Waals surface area contributed by atoms with Gasteiger partial charge in [-0.05, 0) is 31.4 Å². The third kappa shape index (κ3) is 9.19. The van der Waals surface area contributed by atoms with Crippen LogP contribution < -0.4 is 5.32 Å². The van der Waals surface area contributed by atoms with Gasteiger partial charge in [0, 0.05) is 39.8 Å². The first kappa shape index (κ1) is 25.1. The first-order valence-electron chi connectivity index (χ1n) is 8.89. The van der Waals surface area contributed by atoms with Gasteiger partial charge < -0.3 is 19.9 Å². The molecule has 150 valence electrons. The molecule has 0 unspecified atom stereocenters. The maximum atomic E-state index is 12.1. The van der Waals surface area contributed by atoms with Crippen LogP contribution >= 0.6 is 24.8 Å². The third-order valence-electron chi connectivity index (χ3n) is 4.59. The van der Waals surface area contributed by atoms with Crippen molar-refractivity contribution in [2.24, 2.45) is 5.92 Å². The normalized spacial score (nSPS) is 14.7. The van der Waals surface area contributed by atoms with Gasteiger partial charge in [-0.1, -0.05) is 30.3 Å². The number of amides is 1. The number of benzene rings is 1. The highest BCUT2D eigenvalue weighted by Crippen LogP contribution is 2.19. The summed E-state index contributed by atoms with van der Waals surface area (Å²) in [4.78, 5) is 16.5. The van der Waals surface area contributed by atoms with E-state index in [9.17, 15) is 4.79 Å². The lowest BCUT2D eigenvalue weighted by molar-refractivity contribution is -0.131. The van der Waals surface area contributed by atoms with Crippen LogP contribution in [-0.4, -0.2) is 69.2 Å². The maximum absolute atomic E-state index is 12.1. The molecule has 1 aliphatic heterocycles. The van der Waals surface area contributed by atoms with Crippen molar-refractivity contribution < 1.29 is 9.53 Å². The number of halogens is 2. The number of likely N-dealkylation sites (tertiary alicyclic amines) is 1. The predicted octanol–water partition coefficient (Wildman–Crippen LogP) is 2.44. The number of rotatable bonds is 9. The number of hydrogen-bond acceptors (Lipinski definition) is 4. The monoisotopic (exact) mass is 405 g/mol. The molecule has 0 saturated carbocycles. The van der Waals surface area contributed by atoms with Crippen LogP contribution in [0.4, 0.5) is 0 Å². The average Bonchev–Trinajstić information content (AvgIpc) is 2.60. The van der Waals surface area contributed by atoms with Crippen molar-refractivity contribution in [1.82, 2.24) is 15.1 Å². The lowest BCUT2D eigenvalue weighted by atomic mass is 9.96. The van der Waals surface area contributed by atoms with Crippen LogP contribution in [0.3, 0.4) is 0 Å². The Kier molecular flexibility index (Phi) is 13.8. The molecule has 2 rings (SSSR count). The Balaban J connectivity index is 0.00000312. The Morgan fingerprint density at radius 3 is 2.50 bits per heavy atom. The molecule has 1 N–H and O–H groups in total. The van der Waals surface area contributed by atoms with Crippen molar-refractivity contribution in [3.63, 3.8) is 0 Å². The van der Waals surface area contributed by atoms with Crippen LogP contribution in [0.25, 0.3) is 0 Å². The van der Waals surface area contributed by atoms with Crippen LogP contribution in [0.1, 0.15) is 18.4 Å². The standard InChI is InChI=1S/C19H31N3O2.2ClH/c1-21(15-17-6-4-3-5-7-17)16-18-8-11-22(12-9-18)19(23)14-20-10-13-24-2;;/h3-7,18,20H,8-16H2,1-2H3;2*1H. The number of piperidine rings is 1. The summed E-state index contributed by atoms with van der Waals surface area (Å²) in [5, 5.41) is 3.13. The molecule has 26 heavy (non-hydrogen) atoms. The Bertz CT molecular complexity index is 483. The van der Waals surface area contributed by atoms with Crippen LogP contribution in [-0.2, 0) is 16.1 Å². The average molecular weight is 406 g/mol. The third-order valence-corrected chi connectivity index (χ3v) is 4.59. The van der Waals surface area contributed by atoms with Gasteiger partial charge in [0.2, 0.25) is 5.91 Å². The molecule has 0 aliphatic carbocycles. The smallest absolute Gasteiger partial charge is 0.236 e. The molecule has 0 aromatic heterocycles. The Morgan fingerprint density at radius 1 is 1.23 bits per heavy atom. The van der Waals surface area contributed by atoms with Gasteiger partial charge in [-0.15, -0.1) is 24.8 Å². The molecule has 1 saturated heterocycles. The molecular formula is C19H33Cl2N3O2.